The molecule has 80 valence electrons. The van der Waals surface area contributed by atoms with Gasteiger partial charge in [-0.25, -0.2) is 8.42 Å². The lowest BCUT2D eigenvalue weighted by molar-refractivity contribution is -0.134. The summed E-state index contributed by atoms with van der Waals surface area (Å²) in [5, 5.41) is 1.79. The van der Waals surface area contributed by atoms with E-state index in [0.29, 0.717) is 0 Å². The van der Waals surface area contributed by atoms with E-state index in [1.54, 1.807) is 5.32 Å². The summed E-state index contributed by atoms with van der Waals surface area (Å²) in [6.45, 7) is -1.50. The third-order valence-electron chi connectivity index (χ3n) is 1.50. The van der Waals surface area contributed by atoms with Crippen molar-refractivity contribution in [1.82, 2.24) is 9.62 Å². The summed E-state index contributed by atoms with van der Waals surface area (Å²) >= 11 is 0. The minimum atomic E-state index is -4.85. The van der Waals surface area contributed by atoms with E-state index in [9.17, 15) is 26.8 Å². The zero-order valence-electron chi connectivity index (χ0n) is 6.74. The number of piperazine rings is 1. The van der Waals surface area contributed by atoms with Crippen molar-refractivity contribution in [2.45, 2.75) is 5.76 Å². The van der Waals surface area contributed by atoms with Crippen LogP contribution in [-0.4, -0.2) is 43.4 Å². The highest BCUT2D eigenvalue weighted by molar-refractivity contribution is 7.89. The van der Waals surface area contributed by atoms with Gasteiger partial charge in [0.1, 0.15) is 0 Å². The summed E-state index contributed by atoms with van der Waals surface area (Å²) in [6.07, 6.45) is 0. The van der Waals surface area contributed by atoms with Crippen LogP contribution in [0.5, 0.6) is 0 Å². The number of amides is 2. The Kier molecular flexibility index (Phi) is 2.81. The second kappa shape index (κ2) is 3.58. The van der Waals surface area contributed by atoms with Gasteiger partial charge in [0.05, 0.1) is 13.1 Å². The fourth-order valence-corrected chi connectivity index (χ4v) is 1.72. The number of imide groups is 1. The molecule has 9 heteroatoms. The lowest BCUT2D eigenvalue weighted by Gasteiger charge is -2.23. The van der Waals surface area contributed by atoms with E-state index in [1.165, 1.54) is 0 Å². The molecule has 1 saturated heterocycles. The second-order valence-corrected chi connectivity index (χ2v) is 4.45. The topological polar surface area (TPSA) is 83.6 Å². The monoisotopic (exact) mass is 228 g/mol. The van der Waals surface area contributed by atoms with E-state index in [-0.39, 0.29) is 4.31 Å². The summed E-state index contributed by atoms with van der Waals surface area (Å²) in [6, 6.07) is 0. The van der Waals surface area contributed by atoms with E-state index in [1.807, 2.05) is 0 Å². The fourth-order valence-electron chi connectivity index (χ4n) is 0.903. The predicted octanol–water partition coefficient (Wildman–Crippen LogP) is -1.50. The molecule has 0 unspecified atom stereocenters. The van der Waals surface area contributed by atoms with Crippen LogP contribution >= 0.6 is 0 Å². The molecule has 0 radical (unpaired) electrons. The highest BCUT2D eigenvalue weighted by Crippen LogP contribution is 2.12. The maximum atomic E-state index is 12.0. The molecule has 14 heavy (non-hydrogen) atoms. The molecule has 0 atom stereocenters. The van der Waals surface area contributed by atoms with Crippen molar-refractivity contribution in [3.05, 3.63) is 0 Å². The zero-order valence-corrected chi connectivity index (χ0v) is 7.55. The van der Waals surface area contributed by atoms with Crippen molar-refractivity contribution in [2.75, 3.05) is 13.1 Å². The van der Waals surface area contributed by atoms with Crippen LogP contribution in [0.2, 0.25) is 0 Å². The molecule has 0 spiro atoms. The summed E-state index contributed by atoms with van der Waals surface area (Å²) in [4.78, 5) is 21.3. The van der Waals surface area contributed by atoms with Crippen molar-refractivity contribution in [1.29, 1.82) is 0 Å². The van der Waals surface area contributed by atoms with E-state index in [2.05, 4.69) is 0 Å². The number of halogens is 2. The third kappa shape index (κ3) is 2.04. The van der Waals surface area contributed by atoms with Gasteiger partial charge in [-0.3, -0.25) is 14.9 Å². The van der Waals surface area contributed by atoms with Gasteiger partial charge in [0, 0.05) is 0 Å². The first-order valence-corrected chi connectivity index (χ1v) is 4.94. The lowest BCUT2D eigenvalue weighted by Crippen LogP contribution is -2.54. The molecule has 0 saturated carbocycles. The van der Waals surface area contributed by atoms with Crippen molar-refractivity contribution in [3.63, 3.8) is 0 Å². The van der Waals surface area contributed by atoms with Crippen LogP contribution < -0.4 is 5.32 Å². The SMILES string of the molecule is O=C1CN(S(=O)(=O)C(F)F)CC(=O)N1. The number of hydrogen-bond acceptors (Lipinski definition) is 4. The zero-order chi connectivity index (χ0) is 10.9. The van der Waals surface area contributed by atoms with Gasteiger partial charge in [0.15, 0.2) is 0 Å². The summed E-state index contributed by atoms with van der Waals surface area (Å²) < 4.78 is 45.7. The quantitative estimate of drug-likeness (QED) is 0.583. The largest absolute Gasteiger partial charge is 0.350 e. The molecule has 1 rings (SSSR count). The Bertz CT molecular complexity index is 350. The first-order valence-electron chi connectivity index (χ1n) is 3.44. The van der Waals surface area contributed by atoms with Crippen LogP contribution in [0.1, 0.15) is 0 Å². The number of alkyl halides is 2. The Morgan fingerprint density at radius 1 is 1.21 bits per heavy atom. The lowest BCUT2D eigenvalue weighted by atomic mass is 10.4. The molecular weight excluding hydrogens is 222 g/mol. The number of carbonyl (C=O) groups excluding carboxylic acids is 2. The number of rotatable bonds is 2. The van der Waals surface area contributed by atoms with Crippen LogP contribution in [0.25, 0.3) is 0 Å². The number of sulfonamides is 1. The smallest absolute Gasteiger partial charge is 0.294 e. The third-order valence-corrected chi connectivity index (χ3v) is 2.93. The molecule has 1 fully saturated rings. The fraction of sp³-hybridized carbons (Fsp3) is 0.600. The standard InChI is InChI=1S/C5H6F2N2O4S/c6-5(7)14(12,13)9-1-3(10)8-4(11)2-9/h5H,1-2H2,(H,8,10,11). The van der Waals surface area contributed by atoms with Gasteiger partial charge in [-0.1, -0.05) is 0 Å². The van der Waals surface area contributed by atoms with Gasteiger partial charge < -0.3 is 0 Å². The Labute approximate surface area is 77.9 Å². The van der Waals surface area contributed by atoms with Gasteiger partial charge in [0.2, 0.25) is 11.8 Å². The maximum Gasteiger partial charge on any atom is 0.350 e. The normalized spacial score (nSPS) is 19.9. The second-order valence-electron chi connectivity index (χ2n) is 2.55. The maximum absolute atomic E-state index is 12.0. The summed E-state index contributed by atoms with van der Waals surface area (Å²) in [5.74, 6) is -5.45. The van der Waals surface area contributed by atoms with Gasteiger partial charge in [-0.05, 0) is 0 Å². The molecule has 0 aromatic carbocycles. The molecule has 1 heterocycles. The molecule has 0 aromatic rings. The summed E-state index contributed by atoms with van der Waals surface area (Å²) in [5.41, 5.74) is 0. The molecule has 2 amide bonds. The number of carbonyl (C=O) groups is 2. The van der Waals surface area contributed by atoms with Gasteiger partial charge in [0.25, 0.3) is 10.0 Å². The molecule has 1 aliphatic rings. The van der Waals surface area contributed by atoms with Crippen LogP contribution in [0.4, 0.5) is 8.78 Å². The Balaban J connectivity index is 2.89. The average molecular weight is 228 g/mol. The van der Waals surface area contributed by atoms with Crippen LogP contribution in [-0.2, 0) is 19.6 Å². The number of nitrogens with zero attached hydrogens (tertiary/aromatic N) is 1. The average Bonchev–Trinajstić information content (AvgIpc) is 2.01. The Morgan fingerprint density at radius 3 is 2.00 bits per heavy atom. The van der Waals surface area contributed by atoms with E-state index < -0.39 is 40.7 Å². The molecule has 1 N–H and O–H groups in total. The highest BCUT2D eigenvalue weighted by Gasteiger charge is 2.37. The van der Waals surface area contributed by atoms with Gasteiger partial charge in [-0.2, -0.15) is 13.1 Å². The molecule has 6 nitrogen and oxygen atoms in total. The first kappa shape index (κ1) is 11.0. The van der Waals surface area contributed by atoms with Crippen molar-refractivity contribution < 1.29 is 26.8 Å². The van der Waals surface area contributed by atoms with E-state index in [0.717, 1.165) is 0 Å². The molecular formula is C5H6F2N2O4S. The van der Waals surface area contributed by atoms with E-state index in [4.69, 9.17) is 0 Å². The number of nitrogens with one attached hydrogen (secondary N) is 1. The Hall–Kier alpha value is -1.09. The van der Waals surface area contributed by atoms with Crippen molar-refractivity contribution in [2.24, 2.45) is 0 Å². The number of hydrogen-bond donors (Lipinski definition) is 1. The Morgan fingerprint density at radius 2 is 1.64 bits per heavy atom. The first-order chi connectivity index (χ1) is 6.34. The van der Waals surface area contributed by atoms with Crippen LogP contribution in [0.15, 0.2) is 0 Å². The molecule has 0 aliphatic carbocycles. The molecule has 0 bridgehead atoms. The highest BCUT2D eigenvalue weighted by atomic mass is 32.2. The molecule has 0 aromatic heterocycles. The predicted molar refractivity (Wildman–Crippen MR) is 39.6 cm³/mol. The minimum absolute atomic E-state index is 0.152. The molecule has 1 aliphatic heterocycles. The van der Waals surface area contributed by atoms with Gasteiger partial charge >= 0.3 is 5.76 Å². The summed E-state index contributed by atoms with van der Waals surface area (Å²) in [7, 11) is -4.85. The van der Waals surface area contributed by atoms with E-state index >= 15 is 0 Å². The van der Waals surface area contributed by atoms with Crippen LogP contribution in [0, 0.1) is 0 Å². The van der Waals surface area contributed by atoms with Crippen molar-refractivity contribution in [3.8, 4) is 0 Å². The van der Waals surface area contributed by atoms with Gasteiger partial charge in [-0.15, -0.1) is 0 Å². The van der Waals surface area contributed by atoms with Crippen molar-refractivity contribution >= 4 is 21.8 Å². The van der Waals surface area contributed by atoms with Crippen LogP contribution in [0.3, 0.4) is 0 Å². The minimum Gasteiger partial charge on any atom is -0.294 e.